The van der Waals surface area contributed by atoms with Crippen LogP contribution in [0.3, 0.4) is 0 Å². The van der Waals surface area contributed by atoms with E-state index in [4.69, 9.17) is 15.0 Å². The molecular weight excluding hydrogens is 218 g/mol. The van der Waals surface area contributed by atoms with Crippen molar-refractivity contribution in [2.24, 2.45) is 11.7 Å². The first kappa shape index (κ1) is 12.5. The van der Waals surface area contributed by atoms with E-state index < -0.39 is 0 Å². The largest absolute Gasteiger partial charge is 0.381 e. The minimum Gasteiger partial charge on any atom is -0.381 e. The number of aromatic nitrogens is 2. The summed E-state index contributed by atoms with van der Waals surface area (Å²) in [6, 6.07) is -0.152. The number of rotatable bonds is 4. The second-order valence-electron chi connectivity index (χ2n) is 5.14. The summed E-state index contributed by atoms with van der Waals surface area (Å²) >= 11 is 0. The lowest BCUT2D eigenvalue weighted by Gasteiger charge is -2.18. The Morgan fingerprint density at radius 1 is 1.47 bits per heavy atom. The van der Waals surface area contributed by atoms with E-state index in [-0.39, 0.29) is 12.0 Å². The molecule has 1 fully saturated rings. The van der Waals surface area contributed by atoms with Crippen LogP contribution in [0.5, 0.6) is 0 Å². The maximum atomic E-state index is 6.01. The number of hydrogen-bond donors (Lipinski definition) is 1. The zero-order chi connectivity index (χ0) is 12.3. The number of ether oxygens (including phenoxy) is 1. The van der Waals surface area contributed by atoms with Crippen molar-refractivity contribution in [3.8, 4) is 0 Å². The highest BCUT2D eigenvalue weighted by atomic mass is 16.5. The molecular formula is C12H21N3O2. The van der Waals surface area contributed by atoms with Crippen LogP contribution in [-0.4, -0.2) is 23.4 Å². The van der Waals surface area contributed by atoms with E-state index in [1.807, 2.05) is 0 Å². The Morgan fingerprint density at radius 2 is 2.29 bits per heavy atom. The molecule has 0 bridgehead atoms. The smallest absolute Gasteiger partial charge is 0.243 e. The van der Waals surface area contributed by atoms with E-state index in [1.54, 1.807) is 0 Å². The van der Waals surface area contributed by atoms with Crippen LogP contribution >= 0.6 is 0 Å². The van der Waals surface area contributed by atoms with Crippen molar-refractivity contribution in [1.29, 1.82) is 0 Å². The minimum absolute atomic E-state index is 0.152. The highest BCUT2D eigenvalue weighted by molar-refractivity contribution is 4.99. The maximum Gasteiger partial charge on any atom is 0.243 e. The molecule has 0 radical (unpaired) electrons. The molecule has 2 atom stereocenters. The topological polar surface area (TPSA) is 74.2 Å². The molecule has 96 valence electrons. The van der Waals surface area contributed by atoms with Crippen LogP contribution in [0.4, 0.5) is 0 Å². The lowest BCUT2D eigenvalue weighted by molar-refractivity contribution is 0.0773. The molecule has 1 aromatic heterocycles. The molecule has 17 heavy (non-hydrogen) atoms. The third kappa shape index (κ3) is 3.26. The first-order chi connectivity index (χ1) is 8.16. The van der Waals surface area contributed by atoms with E-state index in [2.05, 4.69) is 24.0 Å². The van der Waals surface area contributed by atoms with Gasteiger partial charge in [0.1, 0.15) is 0 Å². The van der Waals surface area contributed by atoms with Gasteiger partial charge < -0.3 is 15.0 Å². The molecule has 2 N–H and O–H groups in total. The van der Waals surface area contributed by atoms with Crippen LogP contribution in [0.2, 0.25) is 0 Å². The van der Waals surface area contributed by atoms with Crippen LogP contribution in [0.1, 0.15) is 56.8 Å². The fourth-order valence-corrected chi connectivity index (χ4v) is 2.12. The highest BCUT2D eigenvalue weighted by Crippen LogP contribution is 2.25. The van der Waals surface area contributed by atoms with Crippen LogP contribution in [0.15, 0.2) is 4.52 Å². The molecule has 0 amide bonds. The Kier molecular flexibility index (Phi) is 4.12. The Labute approximate surface area is 102 Å². The standard InChI is InChI=1S/C12H21N3O2/c1-8(2)6-10(13)12-14-11(15-17-12)9-4-3-5-16-7-9/h8-10H,3-7,13H2,1-2H3/t9?,10-/m1/s1. The van der Waals surface area contributed by atoms with Crippen molar-refractivity contribution in [3.05, 3.63) is 11.7 Å². The summed E-state index contributed by atoms with van der Waals surface area (Å²) in [7, 11) is 0. The molecule has 5 nitrogen and oxygen atoms in total. The second-order valence-corrected chi connectivity index (χ2v) is 5.14. The SMILES string of the molecule is CC(C)C[C@@H](N)c1nc(C2CCCOC2)no1. The molecule has 5 heteroatoms. The van der Waals surface area contributed by atoms with Crippen molar-refractivity contribution in [1.82, 2.24) is 10.1 Å². The van der Waals surface area contributed by atoms with E-state index in [1.165, 1.54) is 0 Å². The van der Waals surface area contributed by atoms with Crippen molar-refractivity contribution < 1.29 is 9.26 Å². The molecule has 2 rings (SSSR count). The van der Waals surface area contributed by atoms with Crippen molar-refractivity contribution in [3.63, 3.8) is 0 Å². The van der Waals surface area contributed by atoms with Gasteiger partial charge in [0.15, 0.2) is 5.82 Å². The molecule has 1 aliphatic rings. The third-order valence-electron chi connectivity index (χ3n) is 3.03. The molecule has 0 saturated carbocycles. The molecule has 0 spiro atoms. The lowest BCUT2D eigenvalue weighted by Crippen LogP contribution is -2.17. The predicted octanol–water partition coefficient (Wildman–Crippen LogP) is 2.01. The van der Waals surface area contributed by atoms with Gasteiger partial charge in [0, 0.05) is 12.5 Å². The molecule has 2 heterocycles. The summed E-state index contributed by atoms with van der Waals surface area (Å²) in [6.45, 7) is 5.80. The average molecular weight is 239 g/mol. The Balaban J connectivity index is 1.99. The predicted molar refractivity (Wildman–Crippen MR) is 63.5 cm³/mol. The van der Waals surface area contributed by atoms with E-state index in [0.717, 1.165) is 31.7 Å². The normalized spacial score (nSPS) is 22.9. The fraction of sp³-hybridized carbons (Fsp3) is 0.833. The van der Waals surface area contributed by atoms with Crippen molar-refractivity contribution in [2.45, 2.75) is 45.1 Å². The van der Waals surface area contributed by atoms with Gasteiger partial charge in [-0.25, -0.2) is 0 Å². The molecule has 0 aromatic carbocycles. The van der Waals surface area contributed by atoms with E-state index >= 15 is 0 Å². The van der Waals surface area contributed by atoms with Gasteiger partial charge in [-0.3, -0.25) is 0 Å². The zero-order valence-electron chi connectivity index (χ0n) is 10.6. The zero-order valence-corrected chi connectivity index (χ0v) is 10.6. The Morgan fingerprint density at radius 3 is 2.94 bits per heavy atom. The maximum absolute atomic E-state index is 6.01. The minimum atomic E-state index is -0.152. The second kappa shape index (κ2) is 5.60. The van der Waals surface area contributed by atoms with Crippen molar-refractivity contribution >= 4 is 0 Å². The van der Waals surface area contributed by atoms with Gasteiger partial charge >= 0.3 is 0 Å². The van der Waals surface area contributed by atoms with Gasteiger partial charge in [0.25, 0.3) is 0 Å². The van der Waals surface area contributed by atoms with Crippen LogP contribution in [0, 0.1) is 5.92 Å². The van der Waals surface area contributed by atoms with Crippen molar-refractivity contribution in [2.75, 3.05) is 13.2 Å². The van der Waals surface area contributed by atoms with E-state index in [9.17, 15) is 0 Å². The fourth-order valence-electron chi connectivity index (χ4n) is 2.12. The first-order valence-electron chi connectivity index (χ1n) is 6.33. The Hall–Kier alpha value is -0.940. The highest BCUT2D eigenvalue weighted by Gasteiger charge is 2.23. The summed E-state index contributed by atoms with van der Waals surface area (Å²) in [5, 5.41) is 4.02. The Bertz CT molecular complexity index is 345. The molecule has 1 saturated heterocycles. The molecule has 1 aliphatic heterocycles. The van der Waals surface area contributed by atoms with Crippen LogP contribution in [-0.2, 0) is 4.74 Å². The van der Waals surface area contributed by atoms with Gasteiger partial charge in [-0.2, -0.15) is 4.98 Å². The first-order valence-corrected chi connectivity index (χ1v) is 6.33. The monoisotopic (exact) mass is 239 g/mol. The summed E-state index contributed by atoms with van der Waals surface area (Å²) in [4.78, 5) is 4.40. The average Bonchev–Trinajstić information content (AvgIpc) is 2.78. The molecule has 1 aromatic rings. The van der Waals surface area contributed by atoms with Gasteiger partial charge in [0.2, 0.25) is 5.89 Å². The number of hydrogen-bond acceptors (Lipinski definition) is 5. The summed E-state index contributed by atoms with van der Waals surface area (Å²) in [5.74, 6) is 2.10. The van der Waals surface area contributed by atoms with Crippen LogP contribution < -0.4 is 5.73 Å². The summed E-state index contributed by atoms with van der Waals surface area (Å²) in [5.41, 5.74) is 6.01. The van der Waals surface area contributed by atoms with Gasteiger partial charge in [-0.05, 0) is 25.2 Å². The van der Waals surface area contributed by atoms with Crippen LogP contribution in [0.25, 0.3) is 0 Å². The van der Waals surface area contributed by atoms with Gasteiger partial charge in [-0.15, -0.1) is 0 Å². The lowest BCUT2D eigenvalue weighted by atomic mass is 10.0. The van der Waals surface area contributed by atoms with Gasteiger partial charge in [0.05, 0.1) is 12.6 Å². The quantitative estimate of drug-likeness (QED) is 0.870. The number of nitrogens with zero attached hydrogens (tertiary/aromatic N) is 2. The molecule has 1 unspecified atom stereocenters. The molecule has 0 aliphatic carbocycles. The number of nitrogens with two attached hydrogens (primary N) is 1. The third-order valence-corrected chi connectivity index (χ3v) is 3.03. The summed E-state index contributed by atoms with van der Waals surface area (Å²) in [6.07, 6.45) is 2.99. The van der Waals surface area contributed by atoms with Gasteiger partial charge in [-0.1, -0.05) is 19.0 Å². The summed E-state index contributed by atoms with van der Waals surface area (Å²) < 4.78 is 10.7. The van der Waals surface area contributed by atoms with E-state index in [0.29, 0.717) is 18.4 Å².